The first-order valence-corrected chi connectivity index (χ1v) is 6.27. The van der Waals surface area contributed by atoms with Crippen LogP contribution in [0.1, 0.15) is 18.9 Å². The van der Waals surface area contributed by atoms with Crippen LogP contribution in [0.2, 0.25) is 0 Å². The normalized spacial score (nSPS) is 11.6. The van der Waals surface area contributed by atoms with Gasteiger partial charge in [0.2, 0.25) is 0 Å². The predicted octanol–water partition coefficient (Wildman–Crippen LogP) is 1.36. The highest BCUT2D eigenvalue weighted by Crippen LogP contribution is 2.22. The minimum atomic E-state index is -1.05. The Kier molecular flexibility index (Phi) is 5.83. The van der Waals surface area contributed by atoms with Gasteiger partial charge < -0.3 is 19.9 Å². The van der Waals surface area contributed by atoms with Crippen molar-refractivity contribution in [2.75, 3.05) is 13.7 Å². The number of methoxy groups -OCH3 is 1. The molecule has 0 fully saturated rings. The van der Waals surface area contributed by atoms with Crippen LogP contribution in [0, 0.1) is 6.92 Å². The molecule has 0 bridgehead atoms. The van der Waals surface area contributed by atoms with Gasteiger partial charge in [0.25, 0.3) is 5.91 Å². The van der Waals surface area contributed by atoms with Crippen LogP contribution in [0.15, 0.2) is 18.2 Å². The Labute approximate surface area is 117 Å². The molecule has 0 saturated carbocycles. The van der Waals surface area contributed by atoms with Gasteiger partial charge in [-0.2, -0.15) is 0 Å². The summed E-state index contributed by atoms with van der Waals surface area (Å²) >= 11 is 0. The highest BCUT2D eigenvalue weighted by atomic mass is 16.5. The molecule has 110 valence electrons. The van der Waals surface area contributed by atoms with Gasteiger partial charge >= 0.3 is 5.97 Å². The lowest BCUT2D eigenvalue weighted by Gasteiger charge is -2.13. The van der Waals surface area contributed by atoms with E-state index in [0.717, 1.165) is 11.3 Å². The van der Waals surface area contributed by atoms with Gasteiger partial charge in [-0.1, -0.05) is 6.92 Å². The minimum Gasteiger partial charge on any atom is -0.496 e. The molecule has 0 aliphatic rings. The van der Waals surface area contributed by atoms with Crippen molar-refractivity contribution in [3.63, 3.8) is 0 Å². The van der Waals surface area contributed by atoms with Crippen molar-refractivity contribution in [2.45, 2.75) is 26.3 Å². The summed E-state index contributed by atoms with van der Waals surface area (Å²) in [5.41, 5.74) is 0.891. The minimum absolute atomic E-state index is 0.227. The number of nitrogens with one attached hydrogen (secondary N) is 1. The van der Waals surface area contributed by atoms with Crippen molar-refractivity contribution < 1.29 is 24.2 Å². The molecule has 0 spiro atoms. The average molecular weight is 281 g/mol. The van der Waals surface area contributed by atoms with E-state index < -0.39 is 17.9 Å². The highest BCUT2D eigenvalue weighted by Gasteiger charge is 2.17. The number of rotatable bonds is 7. The number of hydrogen-bond acceptors (Lipinski definition) is 4. The quantitative estimate of drug-likeness (QED) is 0.788. The van der Waals surface area contributed by atoms with Crippen molar-refractivity contribution in [2.24, 2.45) is 0 Å². The fourth-order valence-electron chi connectivity index (χ4n) is 1.66. The number of aliphatic carboxylic acids is 1. The molecule has 0 aromatic heterocycles. The second-order valence-corrected chi connectivity index (χ2v) is 4.29. The molecule has 1 aromatic carbocycles. The smallest absolute Gasteiger partial charge is 0.326 e. The molecule has 0 radical (unpaired) electrons. The molecule has 20 heavy (non-hydrogen) atoms. The van der Waals surface area contributed by atoms with Crippen LogP contribution in [0.3, 0.4) is 0 Å². The van der Waals surface area contributed by atoms with E-state index in [1.807, 2.05) is 6.92 Å². The summed E-state index contributed by atoms with van der Waals surface area (Å²) in [6, 6.07) is 4.30. The van der Waals surface area contributed by atoms with Crippen LogP contribution in [-0.2, 0) is 9.59 Å². The monoisotopic (exact) mass is 281 g/mol. The van der Waals surface area contributed by atoms with Crippen molar-refractivity contribution in [3.8, 4) is 11.5 Å². The van der Waals surface area contributed by atoms with Crippen LogP contribution in [0.4, 0.5) is 0 Å². The first-order valence-electron chi connectivity index (χ1n) is 6.27. The predicted molar refractivity (Wildman–Crippen MR) is 73.1 cm³/mol. The molecule has 0 aliphatic heterocycles. The Morgan fingerprint density at radius 2 is 2.10 bits per heavy atom. The number of carboxylic acids is 1. The molecule has 1 rings (SSSR count). The van der Waals surface area contributed by atoms with Crippen LogP contribution in [0.25, 0.3) is 0 Å². The summed E-state index contributed by atoms with van der Waals surface area (Å²) in [5.74, 6) is -0.255. The number of aryl methyl sites for hydroxylation is 1. The molecule has 0 saturated heterocycles. The number of carbonyl (C=O) groups is 2. The van der Waals surface area contributed by atoms with E-state index in [0.29, 0.717) is 12.2 Å². The van der Waals surface area contributed by atoms with Crippen LogP contribution in [0.5, 0.6) is 11.5 Å². The van der Waals surface area contributed by atoms with Gasteiger partial charge in [-0.15, -0.1) is 0 Å². The molecule has 6 heteroatoms. The topological polar surface area (TPSA) is 84.9 Å². The third kappa shape index (κ3) is 4.46. The second kappa shape index (κ2) is 7.37. The third-order valence-corrected chi connectivity index (χ3v) is 2.78. The molecule has 1 aromatic rings. The zero-order valence-corrected chi connectivity index (χ0v) is 11.8. The van der Waals surface area contributed by atoms with Crippen LogP contribution >= 0.6 is 0 Å². The van der Waals surface area contributed by atoms with Crippen molar-refractivity contribution >= 4 is 11.9 Å². The zero-order valence-electron chi connectivity index (χ0n) is 11.8. The summed E-state index contributed by atoms with van der Waals surface area (Å²) in [7, 11) is 1.58. The SMILES string of the molecule is CCC(NC(=O)COc1ccc(OC)c(C)c1)C(=O)O. The molecular formula is C14H19NO5. The Balaban J connectivity index is 2.52. The maximum Gasteiger partial charge on any atom is 0.326 e. The third-order valence-electron chi connectivity index (χ3n) is 2.78. The van der Waals surface area contributed by atoms with Gasteiger partial charge in [-0.05, 0) is 37.1 Å². The van der Waals surface area contributed by atoms with Gasteiger partial charge in [-0.25, -0.2) is 4.79 Å². The van der Waals surface area contributed by atoms with Crippen molar-refractivity contribution in [1.82, 2.24) is 5.32 Å². The fraction of sp³-hybridized carbons (Fsp3) is 0.429. The molecular weight excluding hydrogens is 262 g/mol. The van der Waals surface area contributed by atoms with Gasteiger partial charge in [0, 0.05) is 0 Å². The Bertz CT molecular complexity index is 486. The summed E-state index contributed by atoms with van der Waals surface area (Å²) in [6.45, 7) is 3.33. The standard InChI is InChI=1S/C14H19NO5/c1-4-11(14(17)18)15-13(16)8-20-10-5-6-12(19-3)9(2)7-10/h5-7,11H,4,8H2,1-3H3,(H,15,16)(H,17,18). The fourth-order valence-corrected chi connectivity index (χ4v) is 1.66. The van der Waals surface area contributed by atoms with Crippen molar-refractivity contribution in [1.29, 1.82) is 0 Å². The first kappa shape index (κ1) is 15.8. The Morgan fingerprint density at radius 1 is 1.40 bits per heavy atom. The van der Waals surface area contributed by atoms with Gasteiger partial charge in [-0.3, -0.25) is 4.79 Å². The van der Waals surface area contributed by atoms with Gasteiger partial charge in [0.15, 0.2) is 6.61 Å². The maximum absolute atomic E-state index is 11.6. The van der Waals surface area contributed by atoms with E-state index in [2.05, 4.69) is 5.32 Å². The Hall–Kier alpha value is -2.24. The summed E-state index contributed by atoms with van der Waals surface area (Å²) in [6.07, 6.45) is 0.322. The van der Waals surface area contributed by atoms with Crippen LogP contribution in [-0.4, -0.2) is 36.7 Å². The maximum atomic E-state index is 11.6. The van der Waals surface area contributed by atoms with Crippen LogP contribution < -0.4 is 14.8 Å². The van der Waals surface area contributed by atoms with E-state index in [9.17, 15) is 9.59 Å². The van der Waals surface area contributed by atoms with E-state index >= 15 is 0 Å². The molecule has 0 aliphatic carbocycles. The molecule has 1 unspecified atom stereocenters. The lowest BCUT2D eigenvalue weighted by molar-refractivity contribution is -0.142. The number of benzene rings is 1. The summed E-state index contributed by atoms with van der Waals surface area (Å²) in [5, 5.41) is 11.2. The lowest BCUT2D eigenvalue weighted by Crippen LogP contribution is -2.42. The molecule has 1 amide bonds. The molecule has 1 atom stereocenters. The molecule has 2 N–H and O–H groups in total. The number of ether oxygens (including phenoxy) is 2. The van der Waals surface area contributed by atoms with Crippen molar-refractivity contribution in [3.05, 3.63) is 23.8 Å². The van der Waals surface area contributed by atoms with E-state index in [-0.39, 0.29) is 6.61 Å². The summed E-state index contributed by atoms with van der Waals surface area (Å²) in [4.78, 5) is 22.4. The van der Waals surface area contributed by atoms with Gasteiger partial charge in [0.05, 0.1) is 7.11 Å². The largest absolute Gasteiger partial charge is 0.496 e. The molecule has 6 nitrogen and oxygen atoms in total. The molecule has 0 heterocycles. The Morgan fingerprint density at radius 3 is 2.60 bits per heavy atom. The number of amides is 1. The number of carbonyl (C=O) groups excluding carboxylic acids is 1. The number of hydrogen-bond donors (Lipinski definition) is 2. The highest BCUT2D eigenvalue weighted by molar-refractivity contribution is 5.84. The lowest BCUT2D eigenvalue weighted by atomic mass is 10.2. The second-order valence-electron chi connectivity index (χ2n) is 4.29. The van der Waals surface area contributed by atoms with E-state index in [1.165, 1.54) is 0 Å². The summed E-state index contributed by atoms with van der Waals surface area (Å²) < 4.78 is 10.4. The van der Waals surface area contributed by atoms with E-state index in [4.69, 9.17) is 14.6 Å². The first-order chi connectivity index (χ1) is 9.47. The van der Waals surface area contributed by atoms with Gasteiger partial charge in [0.1, 0.15) is 17.5 Å². The number of carboxylic acid groups (broad SMARTS) is 1. The average Bonchev–Trinajstić information content (AvgIpc) is 2.42. The zero-order chi connectivity index (χ0) is 15.1. The van der Waals surface area contributed by atoms with E-state index in [1.54, 1.807) is 32.2 Å².